The van der Waals surface area contributed by atoms with Crippen molar-refractivity contribution in [1.29, 1.82) is 0 Å². The molecular weight excluding hydrogens is 341 g/mol. The van der Waals surface area contributed by atoms with Crippen LogP contribution in [0.25, 0.3) is 20.4 Å². The van der Waals surface area contributed by atoms with E-state index in [1.54, 1.807) is 0 Å². The number of aromatic nitrogens is 1. The van der Waals surface area contributed by atoms with Gasteiger partial charge in [0.05, 0.1) is 0 Å². The van der Waals surface area contributed by atoms with Gasteiger partial charge >= 0.3 is 0 Å². The number of nitrogens with zero attached hydrogens (tertiary/aromatic N) is 1. The largest absolute Gasteiger partial charge is 1.00 e. The molecule has 0 unspecified atom stereocenters. The third-order valence-corrected chi connectivity index (χ3v) is 3.94. The highest BCUT2D eigenvalue weighted by Crippen LogP contribution is 2.28. The van der Waals surface area contributed by atoms with Crippen LogP contribution in [-0.2, 0) is 0 Å². The van der Waals surface area contributed by atoms with E-state index in [4.69, 9.17) is 4.98 Å². The Bertz CT molecular complexity index is 637. The molecule has 3 rings (SSSR count). The average Bonchev–Trinajstić information content (AvgIpc) is 2.28. The average molecular weight is 353 g/mol. The second-order valence-corrected chi connectivity index (χ2v) is 5.14. The van der Waals surface area contributed by atoms with Crippen molar-refractivity contribution in [2.24, 2.45) is 0 Å². The molecule has 0 atom stereocenters. The van der Waals surface area contributed by atoms with Gasteiger partial charge in [-0.1, -0.05) is 24.3 Å². The molecule has 0 amide bonds. The SMILES string of the molecule is Cc1cccc2[s+]c3cccc(C)c3nc12.[I-]. The Hall–Kier alpha value is -0.810. The summed E-state index contributed by atoms with van der Waals surface area (Å²) in [6.07, 6.45) is 0. The first-order valence-electron chi connectivity index (χ1n) is 5.34. The van der Waals surface area contributed by atoms with Gasteiger partial charge in [-0.3, -0.25) is 0 Å². The van der Waals surface area contributed by atoms with Crippen LogP contribution in [0.4, 0.5) is 0 Å². The van der Waals surface area contributed by atoms with E-state index in [0.29, 0.717) is 0 Å². The molecule has 17 heavy (non-hydrogen) atoms. The summed E-state index contributed by atoms with van der Waals surface area (Å²) in [7, 11) is 0. The van der Waals surface area contributed by atoms with E-state index in [0.717, 1.165) is 11.0 Å². The van der Waals surface area contributed by atoms with Gasteiger partial charge in [-0.25, -0.2) is 4.98 Å². The maximum absolute atomic E-state index is 4.79. The lowest BCUT2D eigenvalue weighted by molar-refractivity contribution is -0.00000320. The Balaban J connectivity index is 0.00000108. The minimum atomic E-state index is 0. The van der Waals surface area contributed by atoms with Gasteiger partial charge in [0, 0.05) is 12.1 Å². The lowest BCUT2D eigenvalue weighted by Crippen LogP contribution is -3.00. The summed E-state index contributed by atoms with van der Waals surface area (Å²) in [5.74, 6) is 0. The summed E-state index contributed by atoms with van der Waals surface area (Å²) in [5.41, 5.74) is 4.77. The molecule has 0 aliphatic rings. The van der Waals surface area contributed by atoms with Crippen LogP contribution in [0.1, 0.15) is 11.1 Å². The topological polar surface area (TPSA) is 12.9 Å². The third kappa shape index (κ3) is 2.13. The van der Waals surface area contributed by atoms with Crippen molar-refractivity contribution in [1.82, 2.24) is 4.98 Å². The molecule has 3 aromatic rings. The second-order valence-electron chi connectivity index (χ2n) is 4.06. The number of rotatable bonds is 0. The minimum absolute atomic E-state index is 0. The molecule has 0 spiro atoms. The summed E-state index contributed by atoms with van der Waals surface area (Å²) >= 11 is 1.82. The van der Waals surface area contributed by atoms with E-state index >= 15 is 0 Å². The molecule has 0 radical (unpaired) electrons. The molecule has 0 saturated carbocycles. The van der Waals surface area contributed by atoms with Gasteiger partial charge in [-0.15, -0.1) is 0 Å². The predicted octanol–water partition coefficient (Wildman–Crippen LogP) is 1.35. The molecule has 0 N–H and O–H groups in total. The highest BCUT2D eigenvalue weighted by Gasteiger charge is 2.14. The standard InChI is InChI=1S/C14H12NS.HI/c1-9-5-3-7-11-13(9)15-14-10(2)6-4-8-12(14)16-11;/h3-8H,1-2H3;1H/q+1;/p-1. The maximum Gasteiger partial charge on any atom is 0.257 e. The highest BCUT2D eigenvalue weighted by molar-refractivity contribution is 7.24. The molecule has 0 aliphatic carbocycles. The zero-order valence-corrected chi connectivity index (χ0v) is 12.7. The number of halogens is 1. The number of hydrogen-bond donors (Lipinski definition) is 0. The van der Waals surface area contributed by atoms with E-state index in [1.807, 2.05) is 11.3 Å². The first kappa shape index (κ1) is 12.6. The molecule has 3 heteroatoms. The Kier molecular flexibility index (Phi) is 3.58. The molecule has 2 aromatic carbocycles. The van der Waals surface area contributed by atoms with E-state index in [9.17, 15) is 0 Å². The van der Waals surface area contributed by atoms with Gasteiger partial charge in [0.15, 0.2) is 0 Å². The second kappa shape index (κ2) is 4.82. The van der Waals surface area contributed by atoms with Crippen LogP contribution in [0.2, 0.25) is 0 Å². The van der Waals surface area contributed by atoms with E-state index in [2.05, 4.69) is 50.2 Å². The predicted molar refractivity (Wildman–Crippen MR) is 71.0 cm³/mol. The molecule has 0 aliphatic heterocycles. The molecule has 86 valence electrons. The van der Waals surface area contributed by atoms with Gasteiger partial charge in [0.25, 0.3) is 9.40 Å². The van der Waals surface area contributed by atoms with Crippen LogP contribution in [0.15, 0.2) is 36.4 Å². The van der Waals surface area contributed by atoms with Crippen LogP contribution in [0.3, 0.4) is 0 Å². The van der Waals surface area contributed by atoms with Crippen molar-refractivity contribution < 1.29 is 24.0 Å². The smallest absolute Gasteiger partial charge is 0.257 e. The molecule has 0 bridgehead atoms. The number of fused-ring (bicyclic) bond motifs is 2. The Morgan fingerprint density at radius 3 is 1.76 bits per heavy atom. The van der Waals surface area contributed by atoms with Crippen LogP contribution < -0.4 is 24.0 Å². The van der Waals surface area contributed by atoms with Gasteiger partial charge < -0.3 is 24.0 Å². The Labute approximate surface area is 122 Å². The van der Waals surface area contributed by atoms with Crippen LogP contribution in [-0.4, -0.2) is 4.98 Å². The number of aryl methyl sites for hydroxylation is 2. The summed E-state index contributed by atoms with van der Waals surface area (Å²) in [6, 6.07) is 12.7. The molecule has 0 saturated heterocycles. The normalized spacial score (nSPS) is 10.5. The van der Waals surface area contributed by atoms with Crippen LogP contribution >= 0.6 is 11.3 Å². The number of para-hydroxylation sites is 2. The van der Waals surface area contributed by atoms with Crippen molar-refractivity contribution in [3.8, 4) is 0 Å². The summed E-state index contributed by atoms with van der Waals surface area (Å²) in [6.45, 7) is 4.23. The number of hydrogen-bond acceptors (Lipinski definition) is 1. The fraction of sp³-hybridized carbons (Fsp3) is 0.143. The van der Waals surface area contributed by atoms with Gasteiger partial charge in [-0.2, -0.15) is 0 Å². The van der Waals surface area contributed by atoms with Gasteiger partial charge in [0.2, 0.25) is 11.3 Å². The quantitative estimate of drug-likeness (QED) is 0.338. The summed E-state index contributed by atoms with van der Waals surface area (Å²) in [5, 5.41) is 0. The van der Waals surface area contributed by atoms with Crippen molar-refractivity contribution in [3.05, 3.63) is 47.5 Å². The van der Waals surface area contributed by atoms with Crippen LogP contribution in [0, 0.1) is 13.8 Å². The first-order valence-corrected chi connectivity index (χ1v) is 6.16. The van der Waals surface area contributed by atoms with Crippen LogP contribution in [0.5, 0.6) is 0 Å². The minimum Gasteiger partial charge on any atom is -1.00 e. The summed E-state index contributed by atoms with van der Waals surface area (Å²) in [4.78, 5) is 4.79. The molecule has 1 heterocycles. The lowest BCUT2D eigenvalue weighted by atomic mass is 10.2. The molecular formula is C14H12INS. The van der Waals surface area contributed by atoms with Crippen molar-refractivity contribution in [2.75, 3.05) is 0 Å². The van der Waals surface area contributed by atoms with E-state index in [-0.39, 0.29) is 24.0 Å². The zero-order chi connectivity index (χ0) is 11.1. The van der Waals surface area contributed by atoms with Crippen molar-refractivity contribution in [2.45, 2.75) is 13.8 Å². The van der Waals surface area contributed by atoms with E-state index in [1.165, 1.54) is 20.5 Å². The fourth-order valence-electron chi connectivity index (χ4n) is 1.95. The maximum atomic E-state index is 4.79. The molecule has 0 fully saturated rings. The first-order chi connectivity index (χ1) is 7.75. The molecule has 1 nitrogen and oxygen atoms in total. The van der Waals surface area contributed by atoms with Gasteiger partial charge in [-0.05, 0) is 25.0 Å². The zero-order valence-electron chi connectivity index (χ0n) is 9.70. The third-order valence-electron chi connectivity index (χ3n) is 2.84. The Morgan fingerprint density at radius 1 is 0.824 bits per heavy atom. The van der Waals surface area contributed by atoms with E-state index < -0.39 is 0 Å². The van der Waals surface area contributed by atoms with Crippen molar-refractivity contribution >= 4 is 31.8 Å². The fourth-order valence-corrected chi connectivity index (χ4v) is 3.08. The highest BCUT2D eigenvalue weighted by atomic mass is 127. The van der Waals surface area contributed by atoms with Gasteiger partial charge in [0.1, 0.15) is 11.0 Å². The number of benzene rings is 2. The monoisotopic (exact) mass is 353 g/mol. The Morgan fingerprint density at radius 2 is 1.29 bits per heavy atom. The molecule has 1 aromatic heterocycles. The summed E-state index contributed by atoms with van der Waals surface area (Å²) < 4.78 is 2.52. The van der Waals surface area contributed by atoms with Crippen molar-refractivity contribution in [3.63, 3.8) is 0 Å². The lowest BCUT2D eigenvalue weighted by Gasteiger charge is -1.97.